The summed E-state index contributed by atoms with van der Waals surface area (Å²) in [6.07, 6.45) is 0. The minimum Gasteiger partial charge on any atom is -0.492 e. The molecule has 6 nitrogen and oxygen atoms in total. The minimum atomic E-state index is -3.77. The van der Waals surface area contributed by atoms with Crippen molar-refractivity contribution < 1.29 is 23.1 Å². The van der Waals surface area contributed by atoms with Crippen molar-refractivity contribution in [3.8, 4) is 5.75 Å². The summed E-state index contributed by atoms with van der Waals surface area (Å²) < 4.78 is 29.5. The molecule has 0 spiro atoms. The van der Waals surface area contributed by atoms with Crippen molar-refractivity contribution in [3.63, 3.8) is 0 Å². The lowest BCUT2D eigenvalue weighted by Gasteiger charge is -2.16. The molecule has 0 radical (unpaired) electrons. The smallest absolute Gasteiger partial charge is 0.320 e. The lowest BCUT2D eigenvalue weighted by molar-refractivity contribution is -0.134. The molecule has 0 fully saturated rings. The first-order valence-corrected chi connectivity index (χ1v) is 7.28. The quantitative estimate of drug-likeness (QED) is 0.799. The zero-order valence-electron chi connectivity index (χ0n) is 10.9. The normalized spacial score (nSPS) is 11.5. The molecule has 0 aromatic heterocycles. The van der Waals surface area contributed by atoms with Gasteiger partial charge in [0.15, 0.2) is 5.75 Å². The van der Waals surface area contributed by atoms with Crippen LogP contribution in [0.25, 0.3) is 0 Å². The van der Waals surface area contributed by atoms with Crippen molar-refractivity contribution in [2.24, 2.45) is 0 Å². The molecule has 0 aliphatic rings. The number of aryl methyl sites for hydroxylation is 1. The molecule has 1 aromatic rings. The summed E-state index contributed by atoms with van der Waals surface area (Å²) in [7, 11) is -2.44. The number of likely N-dealkylation sites (N-methyl/N-ethyl adjacent to an activating group) is 1. The Kier molecular flexibility index (Phi) is 5.31. The van der Waals surface area contributed by atoms with Crippen LogP contribution in [-0.4, -0.2) is 49.8 Å². The first-order chi connectivity index (χ1) is 8.83. The first-order valence-electron chi connectivity index (χ1n) is 5.67. The summed E-state index contributed by atoms with van der Waals surface area (Å²) in [5.41, 5.74) is 0.957. The largest absolute Gasteiger partial charge is 0.492 e. The molecule has 0 unspecified atom stereocenters. The summed E-state index contributed by atoms with van der Waals surface area (Å²) in [6.45, 7) is 2.16. The van der Waals surface area contributed by atoms with Crippen LogP contribution in [0.2, 0.25) is 0 Å². The number of carbonyl (C=O) groups is 1. The Hall–Kier alpha value is -1.60. The van der Waals surface area contributed by atoms with E-state index in [0.717, 1.165) is 9.87 Å². The van der Waals surface area contributed by atoms with Crippen LogP contribution >= 0.6 is 0 Å². The van der Waals surface area contributed by atoms with Crippen LogP contribution in [0, 0.1) is 6.92 Å². The Labute approximate surface area is 112 Å². The highest BCUT2D eigenvalue weighted by Crippen LogP contribution is 2.15. The van der Waals surface area contributed by atoms with Crippen LogP contribution in [0.5, 0.6) is 5.75 Å². The van der Waals surface area contributed by atoms with Gasteiger partial charge in [-0.15, -0.1) is 0 Å². The third kappa shape index (κ3) is 4.88. The molecule has 0 aliphatic heterocycles. The van der Waals surface area contributed by atoms with Gasteiger partial charge in [0, 0.05) is 13.6 Å². The fraction of sp³-hybridized carbons (Fsp3) is 0.417. The molecule has 0 aliphatic carbocycles. The fourth-order valence-corrected chi connectivity index (χ4v) is 2.29. The first kappa shape index (κ1) is 15.5. The van der Waals surface area contributed by atoms with E-state index >= 15 is 0 Å². The number of carboxylic acids is 1. The van der Waals surface area contributed by atoms with E-state index in [1.165, 1.54) is 7.05 Å². The number of aliphatic carboxylic acids is 1. The number of sulfonamides is 1. The van der Waals surface area contributed by atoms with Gasteiger partial charge in [0.2, 0.25) is 10.0 Å². The van der Waals surface area contributed by atoms with Gasteiger partial charge in [0.05, 0.1) is 0 Å². The van der Waals surface area contributed by atoms with Gasteiger partial charge < -0.3 is 9.84 Å². The lowest BCUT2D eigenvalue weighted by Crippen LogP contribution is -2.35. The van der Waals surface area contributed by atoms with Gasteiger partial charge in [-0.25, -0.2) is 12.7 Å². The number of rotatable bonds is 7. The van der Waals surface area contributed by atoms with Gasteiger partial charge >= 0.3 is 5.97 Å². The summed E-state index contributed by atoms with van der Waals surface area (Å²) in [5.74, 6) is -1.59. The number of hydrogen-bond acceptors (Lipinski definition) is 4. The average Bonchev–Trinajstić information content (AvgIpc) is 2.29. The van der Waals surface area contributed by atoms with Crippen LogP contribution in [0.1, 0.15) is 5.56 Å². The number of ether oxygens (including phenoxy) is 1. The molecule has 7 heteroatoms. The molecule has 0 atom stereocenters. The molecule has 0 amide bonds. The predicted molar refractivity (Wildman–Crippen MR) is 70.7 cm³/mol. The highest BCUT2D eigenvalue weighted by atomic mass is 32.2. The van der Waals surface area contributed by atoms with E-state index in [1.807, 2.05) is 25.1 Å². The van der Waals surface area contributed by atoms with E-state index in [1.54, 1.807) is 6.07 Å². The molecule has 0 bridgehead atoms. The predicted octanol–water partition coefficient (Wildman–Crippen LogP) is 0.720. The highest BCUT2D eigenvalue weighted by molar-refractivity contribution is 7.89. The molecule has 1 N–H and O–H groups in total. The second-order valence-corrected chi connectivity index (χ2v) is 6.16. The SMILES string of the molecule is Cc1ccccc1OCCN(C)S(=O)(=O)CC(=O)O. The van der Waals surface area contributed by atoms with Gasteiger partial charge in [0.1, 0.15) is 12.4 Å². The number of carboxylic acid groups (broad SMARTS) is 1. The van der Waals surface area contributed by atoms with Crippen LogP contribution in [0.3, 0.4) is 0 Å². The highest BCUT2D eigenvalue weighted by Gasteiger charge is 2.21. The van der Waals surface area contributed by atoms with Gasteiger partial charge in [-0.1, -0.05) is 18.2 Å². The second kappa shape index (κ2) is 6.53. The Morgan fingerprint density at radius 2 is 2.00 bits per heavy atom. The molecule has 19 heavy (non-hydrogen) atoms. The zero-order valence-corrected chi connectivity index (χ0v) is 11.7. The Morgan fingerprint density at radius 1 is 1.37 bits per heavy atom. The van der Waals surface area contributed by atoms with Crippen LogP contribution in [0.15, 0.2) is 24.3 Å². The van der Waals surface area contributed by atoms with E-state index in [2.05, 4.69) is 0 Å². The maximum atomic E-state index is 11.5. The van der Waals surface area contributed by atoms with E-state index in [0.29, 0.717) is 5.75 Å². The monoisotopic (exact) mass is 287 g/mol. The maximum absolute atomic E-state index is 11.5. The molecule has 1 aromatic carbocycles. The molecule has 0 saturated heterocycles. The lowest BCUT2D eigenvalue weighted by atomic mass is 10.2. The molecule has 0 saturated carbocycles. The van der Waals surface area contributed by atoms with Crippen LogP contribution in [0.4, 0.5) is 0 Å². The average molecular weight is 287 g/mol. The third-order valence-electron chi connectivity index (χ3n) is 2.54. The van der Waals surface area contributed by atoms with Crippen molar-refractivity contribution in [1.82, 2.24) is 4.31 Å². The van der Waals surface area contributed by atoms with E-state index < -0.39 is 21.7 Å². The Morgan fingerprint density at radius 3 is 2.58 bits per heavy atom. The number of hydrogen-bond donors (Lipinski definition) is 1. The van der Waals surface area contributed by atoms with Crippen molar-refractivity contribution in [3.05, 3.63) is 29.8 Å². The Balaban J connectivity index is 2.49. The van der Waals surface area contributed by atoms with Crippen molar-refractivity contribution in [2.45, 2.75) is 6.92 Å². The zero-order chi connectivity index (χ0) is 14.5. The van der Waals surface area contributed by atoms with Gasteiger partial charge in [0.25, 0.3) is 0 Å². The molecule has 106 valence electrons. The molecular formula is C12H17NO5S. The summed E-state index contributed by atoms with van der Waals surface area (Å²) >= 11 is 0. The topological polar surface area (TPSA) is 83.9 Å². The molecule has 0 heterocycles. The Bertz CT molecular complexity index is 541. The maximum Gasteiger partial charge on any atom is 0.320 e. The second-order valence-electron chi connectivity index (χ2n) is 4.09. The third-order valence-corrected chi connectivity index (χ3v) is 4.28. The van der Waals surface area contributed by atoms with Crippen LogP contribution in [-0.2, 0) is 14.8 Å². The summed E-state index contributed by atoms with van der Waals surface area (Å²) in [5, 5.41) is 8.50. The minimum absolute atomic E-state index is 0.101. The number of para-hydroxylation sites is 1. The standard InChI is InChI=1S/C12H17NO5S/c1-10-5-3-4-6-11(10)18-8-7-13(2)19(16,17)9-12(14)15/h3-6H,7-9H2,1-2H3,(H,14,15). The van der Waals surface area contributed by atoms with Crippen molar-refractivity contribution in [2.75, 3.05) is 26.0 Å². The number of nitrogens with zero attached hydrogens (tertiary/aromatic N) is 1. The summed E-state index contributed by atoms with van der Waals surface area (Å²) in [4.78, 5) is 10.4. The molecular weight excluding hydrogens is 270 g/mol. The molecule has 1 rings (SSSR count). The van der Waals surface area contributed by atoms with E-state index in [9.17, 15) is 13.2 Å². The van der Waals surface area contributed by atoms with Gasteiger partial charge in [-0.05, 0) is 18.6 Å². The van der Waals surface area contributed by atoms with Crippen molar-refractivity contribution in [1.29, 1.82) is 0 Å². The van der Waals surface area contributed by atoms with E-state index in [-0.39, 0.29) is 13.2 Å². The van der Waals surface area contributed by atoms with Gasteiger partial charge in [-0.2, -0.15) is 0 Å². The fourth-order valence-electron chi connectivity index (χ4n) is 1.41. The summed E-state index contributed by atoms with van der Waals surface area (Å²) in [6, 6.07) is 7.39. The number of benzene rings is 1. The van der Waals surface area contributed by atoms with Crippen molar-refractivity contribution >= 4 is 16.0 Å². The van der Waals surface area contributed by atoms with E-state index in [4.69, 9.17) is 9.84 Å². The van der Waals surface area contributed by atoms with Gasteiger partial charge in [-0.3, -0.25) is 4.79 Å². The van der Waals surface area contributed by atoms with Crippen LogP contribution < -0.4 is 4.74 Å².